The Morgan fingerprint density at radius 2 is 1.00 bits per heavy atom. The number of benzene rings is 7. The molecule has 7 aromatic carbocycles. The van der Waals surface area contributed by atoms with Gasteiger partial charge in [-0.25, -0.2) is 9.97 Å². The highest BCUT2D eigenvalue weighted by molar-refractivity contribution is 5.98. The Morgan fingerprint density at radius 3 is 1.69 bits per heavy atom. The molecule has 4 nitrogen and oxygen atoms in total. The summed E-state index contributed by atoms with van der Waals surface area (Å²) in [7, 11) is 0. The van der Waals surface area contributed by atoms with Crippen LogP contribution >= 0.6 is 0 Å². The van der Waals surface area contributed by atoms with Gasteiger partial charge in [-0.15, -0.1) is 0 Å². The van der Waals surface area contributed by atoms with Crippen molar-refractivity contribution in [2.75, 3.05) is 0 Å². The lowest BCUT2D eigenvalue weighted by atomic mass is 9.79. The maximum absolute atomic E-state index is 6.24. The number of nitrogens with zero attached hydrogens (tertiary/aromatic N) is 2. The highest BCUT2D eigenvalue weighted by atomic mass is 16.4. The molecule has 2 aromatic heterocycles. The smallest absolute Gasteiger partial charge is 0.227 e. The molecule has 0 atom stereocenters. The SMILES string of the molecule is CC1(C)c2cc(-c3cccc(-c4cc(-c5nc6ccccc6o5)cc(-c5nc6ccccc6o5)c4)c3)ccc2-c2ccc3ccccc3c21. The van der Waals surface area contributed by atoms with Crippen LogP contribution in [0.2, 0.25) is 0 Å². The monoisotopic (exact) mass is 630 g/mol. The molecular formula is C45H30N2O2. The Balaban J connectivity index is 1.10. The first kappa shape index (κ1) is 27.8. The van der Waals surface area contributed by atoms with Crippen molar-refractivity contribution in [2.45, 2.75) is 19.3 Å². The van der Waals surface area contributed by atoms with Crippen LogP contribution in [0.5, 0.6) is 0 Å². The molecule has 10 rings (SSSR count). The van der Waals surface area contributed by atoms with Gasteiger partial charge in [0.05, 0.1) is 0 Å². The standard InChI is InChI=1S/C45H30N2O2/c1-45(2)37-26-30(19-20-35(37)36-21-18-27-10-3-4-13-34(27)42(36)45)28-11-9-12-29(22-28)31-23-32(43-46-38-14-5-7-16-40(38)48-43)25-33(24-31)44-47-39-15-6-8-17-41(39)49-44/h3-26H,1-2H3. The van der Waals surface area contributed by atoms with Crippen LogP contribution in [0, 0.1) is 0 Å². The summed E-state index contributed by atoms with van der Waals surface area (Å²) in [5.41, 5.74) is 14.6. The first-order valence-corrected chi connectivity index (χ1v) is 16.6. The van der Waals surface area contributed by atoms with Gasteiger partial charge in [0.15, 0.2) is 11.2 Å². The van der Waals surface area contributed by atoms with Gasteiger partial charge in [-0.1, -0.05) is 105 Å². The summed E-state index contributed by atoms with van der Waals surface area (Å²) < 4.78 is 12.5. The van der Waals surface area contributed by atoms with Crippen LogP contribution in [-0.4, -0.2) is 9.97 Å². The third kappa shape index (κ3) is 4.38. The number of fused-ring (bicyclic) bond motifs is 7. The van der Waals surface area contributed by atoms with E-state index in [0.29, 0.717) is 11.8 Å². The van der Waals surface area contributed by atoms with Crippen molar-refractivity contribution in [1.82, 2.24) is 9.97 Å². The lowest BCUT2D eigenvalue weighted by Gasteiger charge is -2.23. The van der Waals surface area contributed by atoms with Gasteiger partial charge in [-0.3, -0.25) is 0 Å². The van der Waals surface area contributed by atoms with E-state index in [1.807, 2.05) is 54.6 Å². The summed E-state index contributed by atoms with van der Waals surface area (Å²) in [5.74, 6) is 1.12. The predicted octanol–water partition coefficient (Wildman–Crippen LogP) is 12.1. The quantitative estimate of drug-likeness (QED) is 0.194. The molecule has 0 N–H and O–H groups in total. The van der Waals surface area contributed by atoms with Crippen LogP contribution in [0.3, 0.4) is 0 Å². The molecule has 1 aliphatic rings. The van der Waals surface area contributed by atoms with Crippen LogP contribution in [0.4, 0.5) is 0 Å². The van der Waals surface area contributed by atoms with Crippen molar-refractivity contribution in [2.24, 2.45) is 0 Å². The van der Waals surface area contributed by atoms with Crippen LogP contribution in [0.25, 0.3) is 89.3 Å². The summed E-state index contributed by atoms with van der Waals surface area (Å²) in [6.07, 6.45) is 0. The molecule has 232 valence electrons. The van der Waals surface area contributed by atoms with Crippen molar-refractivity contribution in [3.05, 3.63) is 157 Å². The zero-order chi connectivity index (χ0) is 32.7. The predicted molar refractivity (Wildman–Crippen MR) is 198 cm³/mol. The lowest BCUT2D eigenvalue weighted by molar-refractivity contribution is 0.617. The highest BCUT2D eigenvalue weighted by Gasteiger charge is 2.37. The van der Waals surface area contributed by atoms with Crippen LogP contribution in [0.1, 0.15) is 25.0 Å². The zero-order valence-corrected chi connectivity index (χ0v) is 27.1. The maximum atomic E-state index is 6.24. The molecule has 9 aromatic rings. The number of rotatable bonds is 4. The second kappa shape index (κ2) is 10.4. The molecule has 0 amide bonds. The number of aromatic nitrogens is 2. The molecule has 4 heteroatoms. The third-order valence-corrected chi connectivity index (χ3v) is 10.1. The number of hydrogen-bond acceptors (Lipinski definition) is 4. The van der Waals surface area contributed by atoms with Gasteiger partial charge in [0, 0.05) is 16.5 Å². The van der Waals surface area contributed by atoms with Gasteiger partial charge in [0.2, 0.25) is 11.8 Å². The van der Waals surface area contributed by atoms with Crippen molar-refractivity contribution in [1.29, 1.82) is 0 Å². The Morgan fingerprint density at radius 1 is 0.449 bits per heavy atom. The van der Waals surface area contributed by atoms with E-state index in [-0.39, 0.29) is 5.41 Å². The second-order valence-electron chi connectivity index (χ2n) is 13.4. The summed E-state index contributed by atoms with van der Waals surface area (Å²) in [6.45, 7) is 4.71. The van der Waals surface area contributed by atoms with E-state index in [9.17, 15) is 0 Å². The van der Waals surface area contributed by atoms with Gasteiger partial charge in [0.1, 0.15) is 11.0 Å². The lowest BCUT2D eigenvalue weighted by Crippen LogP contribution is -2.15. The molecule has 0 aliphatic heterocycles. The van der Waals surface area contributed by atoms with E-state index < -0.39 is 0 Å². The average Bonchev–Trinajstić information content (AvgIpc) is 3.84. The molecule has 49 heavy (non-hydrogen) atoms. The highest BCUT2D eigenvalue weighted by Crippen LogP contribution is 2.52. The molecule has 0 unspecified atom stereocenters. The average molecular weight is 631 g/mol. The Bertz CT molecular complexity index is 2610. The summed E-state index contributed by atoms with van der Waals surface area (Å²) in [6, 6.07) is 51.0. The molecule has 0 spiro atoms. The molecule has 0 fully saturated rings. The van der Waals surface area contributed by atoms with E-state index in [4.69, 9.17) is 18.8 Å². The van der Waals surface area contributed by atoms with Crippen LogP contribution in [0.15, 0.2) is 154 Å². The van der Waals surface area contributed by atoms with Gasteiger partial charge in [-0.05, 0) is 110 Å². The van der Waals surface area contributed by atoms with Crippen LogP contribution in [-0.2, 0) is 5.41 Å². The van der Waals surface area contributed by atoms with Crippen LogP contribution < -0.4 is 0 Å². The molecule has 1 aliphatic carbocycles. The molecule has 0 radical (unpaired) electrons. The molecule has 0 saturated carbocycles. The minimum absolute atomic E-state index is 0.123. The number of oxazole rings is 2. The molecule has 0 bridgehead atoms. The van der Waals surface area contributed by atoms with Crippen molar-refractivity contribution < 1.29 is 8.83 Å². The molecule has 2 heterocycles. The van der Waals surface area contributed by atoms with E-state index in [0.717, 1.165) is 50.0 Å². The largest absolute Gasteiger partial charge is 0.436 e. The minimum atomic E-state index is -0.123. The van der Waals surface area contributed by atoms with E-state index >= 15 is 0 Å². The van der Waals surface area contributed by atoms with Crippen molar-refractivity contribution in [3.63, 3.8) is 0 Å². The summed E-state index contributed by atoms with van der Waals surface area (Å²) >= 11 is 0. The Hall–Kier alpha value is -6.26. The van der Waals surface area contributed by atoms with E-state index in [1.165, 1.54) is 38.6 Å². The normalized spacial score (nSPS) is 13.3. The second-order valence-corrected chi connectivity index (χ2v) is 13.4. The fraction of sp³-hybridized carbons (Fsp3) is 0.0667. The van der Waals surface area contributed by atoms with Crippen molar-refractivity contribution >= 4 is 33.0 Å². The van der Waals surface area contributed by atoms with E-state index in [2.05, 4.69) is 105 Å². The first-order chi connectivity index (χ1) is 24.0. The Labute approximate surface area is 283 Å². The number of hydrogen-bond donors (Lipinski definition) is 0. The van der Waals surface area contributed by atoms with Gasteiger partial charge >= 0.3 is 0 Å². The van der Waals surface area contributed by atoms with Gasteiger partial charge in [-0.2, -0.15) is 0 Å². The fourth-order valence-electron chi connectivity index (χ4n) is 7.69. The summed E-state index contributed by atoms with van der Waals surface area (Å²) in [4.78, 5) is 9.65. The fourth-order valence-corrected chi connectivity index (χ4v) is 7.69. The zero-order valence-electron chi connectivity index (χ0n) is 27.1. The van der Waals surface area contributed by atoms with Crippen molar-refractivity contribution in [3.8, 4) is 56.3 Å². The number of para-hydroxylation sites is 4. The van der Waals surface area contributed by atoms with Gasteiger partial charge in [0.25, 0.3) is 0 Å². The molecular weight excluding hydrogens is 601 g/mol. The Kier molecular flexibility index (Phi) is 5.89. The van der Waals surface area contributed by atoms with Gasteiger partial charge < -0.3 is 8.83 Å². The minimum Gasteiger partial charge on any atom is -0.436 e. The maximum Gasteiger partial charge on any atom is 0.227 e. The first-order valence-electron chi connectivity index (χ1n) is 16.6. The third-order valence-electron chi connectivity index (χ3n) is 10.1. The topological polar surface area (TPSA) is 52.1 Å². The summed E-state index contributed by atoms with van der Waals surface area (Å²) in [5, 5.41) is 2.62. The molecule has 0 saturated heterocycles. The van der Waals surface area contributed by atoms with E-state index in [1.54, 1.807) is 0 Å².